The Bertz CT molecular complexity index is 626. The van der Waals surface area contributed by atoms with Gasteiger partial charge < -0.3 is 14.9 Å². The molecule has 0 unspecified atom stereocenters. The van der Waals surface area contributed by atoms with Gasteiger partial charge in [-0.25, -0.2) is 0 Å². The summed E-state index contributed by atoms with van der Waals surface area (Å²) >= 11 is 0. The fourth-order valence-corrected chi connectivity index (χ4v) is 2.34. The van der Waals surface area contributed by atoms with Gasteiger partial charge in [-0.15, -0.1) is 0 Å². The van der Waals surface area contributed by atoms with Crippen molar-refractivity contribution < 1.29 is 19.7 Å². The molecule has 1 aromatic rings. The van der Waals surface area contributed by atoms with E-state index in [-0.39, 0.29) is 23.7 Å². The van der Waals surface area contributed by atoms with Gasteiger partial charge in [0, 0.05) is 12.5 Å². The quantitative estimate of drug-likeness (QED) is 0.720. The van der Waals surface area contributed by atoms with Crippen LogP contribution in [-0.2, 0) is 16.0 Å². The third-order valence-corrected chi connectivity index (χ3v) is 3.36. The molecule has 0 atom stereocenters. The van der Waals surface area contributed by atoms with Crippen molar-refractivity contribution in [3.8, 4) is 11.5 Å². The summed E-state index contributed by atoms with van der Waals surface area (Å²) in [7, 11) is 0. The lowest BCUT2D eigenvalue weighted by molar-refractivity contribution is -0.114. The molecule has 0 saturated heterocycles. The number of benzene rings is 1. The number of hydrogen-bond donors (Lipinski definition) is 2. The summed E-state index contributed by atoms with van der Waals surface area (Å²) in [6.45, 7) is 4.27. The van der Waals surface area contributed by atoms with Crippen LogP contribution in [0.3, 0.4) is 0 Å². The third-order valence-electron chi connectivity index (χ3n) is 3.36. The lowest BCUT2D eigenvalue weighted by Gasteiger charge is -2.15. The summed E-state index contributed by atoms with van der Waals surface area (Å²) in [6.07, 6.45) is 9.95. The number of aromatic hydroxyl groups is 2. The summed E-state index contributed by atoms with van der Waals surface area (Å²) in [4.78, 5) is 12.0. The first-order valence-corrected chi connectivity index (χ1v) is 7.29. The van der Waals surface area contributed by atoms with Crippen molar-refractivity contribution in [1.82, 2.24) is 0 Å². The first-order chi connectivity index (χ1) is 10.6. The van der Waals surface area contributed by atoms with Crippen LogP contribution in [0.5, 0.6) is 11.5 Å². The van der Waals surface area contributed by atoms with Crippen LogP contribution in [0.15, 0.2) is 43.0 Å². The molecule has 0 amide bonds. The molecule has 1 aliphatic heterocycles. The van der Waals surface area contributed by atoms with Crippen molar-refractivity contribution in [3.63, 3.8) is 0 Å². The number of rotatable bonds is 0. The van der Waals surface area contributed by atoms with E-state index in [2.05, 4.69) is 12.7 Å². The van der Waals surface area contributed by atoms with Gasteiger partial charge in [0.15, 0.2) is 5.78 Å². The van der Waals surface area contributed by atoms with Crippen LogP contribution in [0.25, 0.3) is 5.76 Å². The number of hydrogen-bond acceptors (Lipinski definition) is 4. The highest BCUT2D eigenvalue weighted by molar-refractivity contribution is 5.92. The number of carbonyl (C=O) groups excluding carboxylic acids is 1. The normalized spacial score (nSPS) is 19.6. The standard InChI is InChI=1S/C18H20O4/c1-13-18-14(11-16(20)12-17(18)21)10-15(19)8-6-4-2-3-5-7-9-22-13/h3,5-6,8,11-12,20-21H,1-2,4,7,9-10H2/b5-3+,8-6+. The zero-order chi connectivity index (χ0) is 15.9. The molecule has 0 bridgehead atoms. The first-order valence-electron chi connectivity index (χ1n) is 7.29. The van der Waals surface area contributed by atoms with Crippen molar-refractivity contribution >= 4 is 11.5 Å². The van der Waals surface area contributed by atoms with Gasteiger partial charge in [0.05, 0.1) is 12.2 Å². The van der Waals surface area contributed by atoms with Crippen molar-refractivity contribution in [3.05, 3.63) is 54.1 Å². The number of carbonyl (C=O) groups is 1. The lowest BCUT2D eigenvalue weighted by Crippen LogP contribution is -2.04. The number of phenolic OH excluding ortho intramolecular Hbond substituents is 2. The molecular formula is C18H20O4. The maximum absolute atomic E-state index is 12.0. The molecule has 2 N–H and O–H groups in total. The molecule has 22 heavy (non-hydrogen) atoms. The summed E-state index contributed by atoms with van der Waals surface area (Å²) in [5.41, 5.74) is 0.880. The summed E-state index contributed by atoms with van der Waals surface area (Å²) in [6, 6.07) is 2.68. The molecular weight excluding hydrogens is 280 g/mol. The first kappa shape index (κ1) is 15.9. The minimum absolute atomic E-state index is 0.0754. The lowest BCUT2D eigenvalue weighted by atomic mass is 9.99. The molecule has 2 rings (SSSR count). The second kappa shape index (κ2) is 7.50. The second-order valence-corrected chi connectivity index (χ2v) is 5.15. The van der Waals surface area contributed by atoms with E-state index in [1.807, 2.05) is 12.2 Å². The van der Waals surface area contributed by atoms with Crippen LogP contribution in [0.4, 0.5) is 0 Å². The summed E-state index contributed by atoms with van der Waals surface area (Å²) in [5, 5.41) is 19.7. The van der Waals surface area contributed by atoms with Crippen LogP contribution >= 0.6 is 0 Å². The Hall–Kier alpha value is -2.49. The molecule has 1 heterocycles. The number of ketones is 1. The molecule has 0 fully saturated rings. The van der Waals surface area contributed by atoms with Crippen LogP contribution in [0.1, 0.15) is 30.4 Å². The predicted octanol–water partition coefficient (Wildman–Crippen LogP) is 3.49. The van der Waals surface area contributed by atoms with Crippen molar-refractivity contribution in [2.45, 2.75) is 25.7 Å². The Kier molecular flexibility index (Phi) is 5.42. The van der Waals surface area contributed by atoms with E-state index in [9.17, 15) is 15.0 Å². The van der Waals surface area contributed by atoms with Gasteiger partial charge >= 0.3 is 0 Å². The Morgan fingerprint density at radius 1 is 1.05 bits per heavy atom. The van der Waals surface area contributed by atoms with E-state index < -0.39 is 0 Å². The van der Waals surface area contributed by atoms with Gasteiger partial charge in [-0.3, -0.25) is 4.79 Å². The number of phenols is 2. The minimum Gasteiger partial charge on any atom is -0.508 e. The van der Waals surface area contributed by atoms with Gasteiger partial charge in [0.1, 0.15) is 17.3 Å². The molecule has 0 saturated carbocycles. The summed E-state index contributed by atoms with van der Waals surface area (Å²) in [5.74, 6) is -0.0286. The van der Waals surface area contributed by atoms with Crippen LogP contribution in [0, 0.1) is 0 Å². The number of allylic oxidation sites excluding steroid dienone is 3. The average Bonchev–Trinajstić information content (AvgIpc) is 2.44. The monoisotopic (exact) mass is 300 g/mol. The Morgan fingerprint density at radius 2 is 1.77 bits per heavy atom. The Morgan fingerprint density at radius 3 is 2.59 bits per heavy atom. The fourth-order valence-electron chi connectivity index (χ4n) is 2.34. The highest BCUT2D eigenvalue weighted by atomic mass is 16.5. The Labute approximate surface area is 130 Å². The van der Waals surface area contributed by atoms with Crippen LogP contribution in [-0.4, -0.2) is 22.6 Å². The maximum Gasteiger partial charge on any atom is 0.159 e. The van der Waals surface area contributed by atoms with Gasteiger partial charge in [-0.1, -0.05) is 24.8 Å². The second-order valence-electron chi connectivity index (χ2n) is 5.15. The third kappa shape index (κ3) is 4.25. The van der Waals surface area contributed by atoms with E-state index in [0.717, 1.165) is 19.3 Å². The van der Waals surface area contributed by atoms with Crippen LogP contribution in [0.2, 0.25) is 0 Å². The van der Waals surface area contributed by atoms with Crippen LogP contribution < -0.4 is 0 Å². The predicted molar refractivity (Wildman–Crippen MR) is 85.6 cm³/mol. The Balaban J connectivity index is 2.36. The van der Waals surface area contributed by atoms with E-state index in [4.69, 9.17) is 4.74 Å². The molecule has 0 radical (unpaired) electrons. The van der Waals surface area contributed by atoms with Crippen molar-refractivity contribution in [1.29, 1.82) is 0 Å². The largest absolute Gasteiger partial charge is 0.508 e. The van der Waals surface area contributed by atoms with E-state index in [1.54, 1.807) is 0 Å². The topological polar surface area (TPSA) is 66.8 Å². The number of fused-ring (bicyclic) bond motifs is 1. The molecule has 0 aliphatic carbocycles. The number of ether oxygens (including phenoxy) is 1. The molecule has 4 heteroatoms. The van der Waals surface area contributed by atoms with Gasteiger partial charge in [-0.05, 0) is 37.0 Å². The fraction of sp³-hybridized carbons (Fsp3) is 0.278. The smallest absolute Gasteiger partial charge is 0.159 e. The zero-order valence-electron chi connectivity index (χ0n) is 12.4. The van der Waals surface area contributed by atoms with Crippen molar-refractivity contribution in [2.75, 3.05) is 6.61 Å². The van der Waals surface area contributed by atoms with Gasteiger partial charge in [-0.2, -0.15) is 0 Å². The average molecular weight is 300 g/mol. The maximum atomic E-state index is 12.0. The molecule has 1 aromatic carbocycles. The van der Waals surface area contributed by atoms with Gasteiger partial charge in [0.2, 0.25) is 0 Å². The molecule has 4 nitrogen and oxygen atoms in total. The van der Waals surface area contributed by atoms with E-state index in [0.29, 0.717) is 23.5 Å². The van der Waals surface area contributed by atoms with E-state index in [1.165, 1.54) is 18.2 Å². The highest BCUT2D eigenvalue weighted by Gasteiger charge is 2.16. The van der Waals surface area contributed by atoms with Crippen molar-refractivity contribution in [2.24, 2.45) is 0 Å². The molecule has 116 valence electrons. The SMILES string of the molecule is C=C1OCC/C=C/CC/C=C/C(=O)Cc2cc(O)cc(O)c21. The van der Waals surface area contributed by atoms with Gasteiger partial charge in [0.25, 0.3) is 0 Å². The molecule has 0 spiro atoms. The molecule has 1 aliphatic rings. The molecule has 0 aromatic heterocycles. The van der Waals surface area contributed by atoms with E-state index >= 15 is 0 Å². The minimum atomic E-state index is -0.139. The highest BCUT2D eigenvalue weighted by Crippen LogP contribution is 2.33. The zero-order valence-corrected chi connectivity index (χ0v) is 12.4. The summed E-state index contributed by atoms with van der Waals surface area (Å²) < 4.78 is 5.55.